The maximum atomic E-state index is 13.1. The number of rotatable bonds is 1. The SMILES string of the molecule is O=C1N2[C@@H](CC[C@H]2c2cncc(Br)c2)SC12CCNCC2. The molecular weight excluding hydrogens is 350 g/mol. The van der Waals surface area contributed by atoms with Gasteiger partial charge in [-0.2, -0.15) is 0 Å². The number of nitrogens with zero attached hydrogens (tertiary/aromatic N) is 2. The fraction of sp³-hybridized carbons (Fsp3) is 0.600. The largest absolute Gasteiger partial charge is 0.322 e. The number of hydrogen-bond donors (Lipinski definition) is 1. The smallest absolute Gasteiger partial charge is 0.240 e. The van der Waals surface area contributed by atoms with E-state index in [4.69, 9.17) is 0 Å². The minimum Gasteiger partial charge on any atom is -0.322 e. The molecule has 3 aliphatic rings. The number of nitrogens with one attached hydrogen (secondary N) is 1. The summed E-state index contributed by atoms with van der Waals surface area (Å²) in [4.78, 5) is 19.5. The topological polar surface area (TPSA) is 45.2 Å². The summed E-state index contributed by atoms with van der Waals surface area (Å²) in [6, 6.07) is 2.31. The molecule has 0 bridgehead atoms. The average Bonchev–Trinajstić information content (AvgIpc) is 3.00. The van der Waals surface area contributed by atoms with E-state index in [9.17, 15) is 4.79 Å². The third kappa shape index (κ3) is 2.23. The first-order valence-corrected chi connectivity index (χ1v) is 9.19. The Bertz CT molecular complexity index is 576. The summed E-state index contributed by atoms with van der Waals surface area (Å²) < 4.78 is 0.827. The number of fused-ring (bicyclic) bond motifs is 1. The Balaban J connectivity index is 1.64. The lowest BCUT2D eigenvalue weighted by atomic mass is 9.94. The second-order valence-corrected chi connectivity index (χ2v) is 8.54. The third-order valence-corrected chi connectivity index (χ3v) is 7.04. The van der Waals surface area contributed by atoms with E-state index in [0.717, 1.165) is 48.8 Å². The van der Waals surface area contributed by atoms with Crippen LogP contribution in [0.4, 0.5) is 0 Å². The third-order valence-electron chi connectivity index (χ3n) is 4.84. The van der Waals surface area contributed by atoms with Gasteiger partial charge in [0, 0.05) is 16.9 Å². The van der Waals surface area contributed by atoms with E-state index in [2.05, 4.69) is 37.2 Å². The Morgan fingerprint density at radius 2 is 2.14 bits per heavy atom. The molecule has 4 nitrogen and oxygen atoms in total. The molecular formula is C15H18BrN3OS. The molecule has 2 atom stereocenters. The van der Waals surface area contributed by atoms with E-state index in [1.807, 2.05) is 18.0 Å². The van der Waals surface area contributed by atoms with Crippen LogP contribution < -0.4 is 5.32 Å². The van der Waals surface area contributed by atoms with Crippen molar-refractivity contribution < 1.29 is 4.79 Å². The van der Waals surface area contributed by atoms with Gasteiger partial charge in [-0.3, -0.25) is 9.78 Å². The molecule has 6 heteroatoms. The predicted molar refractivity (Wildman–Crippen MR) is 87.0 cm³/mol. The van der Waals surface area contributed by atoms with Crippen molar-refractivity contribution in [2.45, 2.75) is 41.8 Å². The van der Waals surface area contributed by atoms with Gasteiger partial charge in [0.2, 0.25) is 5.91 Å². The van der Waals surface area contributed by atoms with E-state index in [-0.39, 0.29) is 10.8 Å². The number of carbonyl (C=O) groups excluding carboxylic acids is 1. The molecule has 4 heterocycles. The van der Waals surface area contributed by atoms with Crippen LogP contribution in [0.3, 0.4) is 0 Å². The van der Waals surface area contributed by atoms with Crippen LogP contribution in [0.2, 0.25) is 0 Å². The van der Waals surface area contributed by atoms with Crippen LogP contribution in [-0.2, 0) is 4.79 Å². The first-order valence-electron chi connectivity index (χ1n) is 7.51. The number of halogens is 1. The summed E-state index contributed by atoms with van der Waals surface area (Å²) in [6.07, 6.45) is 7.78. The summed E-state index contributed by atoms with van der Waals surface area (Å²) in [5, 5.41) is 3.73. The zero-order valence-electron chi connectivity index (χ0n) is 11.7. The highest BCUT2D eigenvalue weighted by molar-refractivity contribution is 9.10. The standard InChI is InChI=1S/C15H18BrN3OS/c16-11-7-10(8-18-9-11)12-1-2-13-19(12)14(20)15(21-13)3-5-17-6-4-15/h7-9,12-13,17H,1-6H2/t12-,13+/m0/s1. The first-order chi connectivity index (χ1) is 10.2. The van der Waals surface area contributed by atoms with E-state index in [1.165, 1.54) is 0 Å². The van der Waals surface area contributed by atoms with Crippen LogP contribution >= 0.6 is 27.7 Å². The zero-order chi connectivity index (χ0) is 14.4. The highest BCUT2D eigenvalue weighted by Gasteiger charge is 2.56. The molecule has 112 valence electrons. The van der Waals surface area contributed by atoms with Crippen molar-refractivity contribution in [1.29, 1.82) is 0 Å². The van der Waals surface area contributed by atoms with Crippen molar-refractivity contribution in [3.05, 3.63) is 28.5 Å². The maximum Gasteiger partial charge on any atom is 0.240 e. The summed E-state index contributed by atoms with van der Waals surface area (Å²) >= 11 is 5.41. The lowest BCUT2D eigenvalue weighted by Crippen LogP contribution is -2.46. The Morgan fingerprint density at radius 1 is 1.33 bits per heavy atom. The van der Waals surface area contributed by atoms with Crippen LogP contribution in [0, 0.1) is 0 Å². The van der Waals surface area contributed by atoms with Gasteiger partial charge in [0.05, 0.1) is 16.2 Å². The van der Waals surface area contributed by atoms with Gasteiger partial charge in [0.15, 0.2) is 0 Å². The zero-order valence-corrected chi connectivity index (χ0v) is 14.1. The van der Waals surface area contributed by atoms with Crippen molar-refractivity contribution in [3.63, 3.8) is 0 Å². The average molecular weight is 368 g/mol. The Kier molecular flexibility index (Phi) is 3.51. The Morgan fingerprint density at radius 3 is 2.90 bits per heavy atom. The van der Waals surface area contributed by atoms with Gasteiger partial charge < -0.3 is 10.2 Å². The quantitative estimate of drug-likeness (QED) is 0.828. The van der Waals surface area contributed by atoms with Crippen molar-refractivity contribution >= 4 is 33.6 Å². The molecule has 3 fully saturated rings. The Labute approximate surface area is 137 Å². The minimum absolute atomic E-state index is 0.159. The van der Waals surface area contributed by atoms with Gasteiger partial charge in [-0.05, 0) is 66.3 Å². The van der Waals surface area contributed by atoms with Crippen LogP contribution in [0.25, 0.3) is 0 Å². The van der Waals surface area contributed by atoms with E-state index in [1.54, 1.807) is 6.20 Å². The van der Waals surface area contributed by atoms with Crippen LogP contribution in [0.15, 0.2) is 22.9 Å². The second kappa shape index (κ2) is 5.25. The second-order valence-electron chi connectivity index (χ2n) is 6.06. The van der Waals surface area contributed by atoms with E-state index in [0.29, 0.717) is 11.3 Å². The molecule has 1 amide bonds. The van der Waals surface area contributed by atoms with E-state index >= 15 is 0 Å². The van der Waals surface area contributed by atoms with Crippen LogP contribution in [-0.4, -0.2) is 39.0 Å². The number of pyridine rings is 1. The van der Waals surface area contributed by atoms with Gasteiger partial charge in [-0.1, -0.05) is 0 Å². The van der Waals surface area contributed by atoms with Gasteiger partial charge in [0.25, 0.3) is 0 Å². The fourth-order valence-electron chi connectivity index (χ4n) is 3.81. The fourth-order valence-corrected chi connectivity index (χ4v) is 5.97. The normalized spacial score (nSPS) is 30.9. The van der Waals surface area contributed by atoms with E-state index < -0.39 is 0 Å². The summed E-state index contributed by atoms with van der Waals surface area (Å²) in [6.45, 7) is 1.92. The maximum absolute atomic E-state index is 13.1. The number of aromatic nitrogens is 1. The van der Waals surface area contributed by atoms with Gasteiger partial charge in [-0.25, -0.2) is 0 Å². The lowest BCUT2D eigenvalue weighted by Gasteiger charge is -2.32. The Hall–Kier alpha value is -0.590. The van der Waals surface area contributed by atoms with Crippen molar-refractivity contribution in [2.75, 3.05) is 13.1 Å². The molecule has 4 rings (SSSR count). The molecule has 21 heavy (non-hydrogen) atoms. The van der Waals surface area contributed by atoms with Crippen molar-refractivity contribution in [3.8, 4) is 0 Å². The number of amides is 1. The molecule has 0 saturated carbocycles. The molecule has 0 unspecified atom stereocenters. The summed E-state index contributed by atoms with van der Waals surface area (Å²) in [7, 11) is 0. The molecule has 1 aromatic heterocycles. The lowest BCUT2D eigenvalue weighted by molar-refractivity contribution is -0.134. The van der Waals surface area contributed by atoms with Crippen LogP contribution in [0.5, 0.6) is 0 Å². The molecule has 1 N–H and O–H groups in total. The van der Waals surface area contributed by atoms with Gasteiger partial charge in [0.1, 0.15) is 0 Å². The highest BCUT2D eigenvalue weighted by Crippen LogP contribution is 2.54. The number of thioether (sulfide) groups is 1. The molecule has 0 radical (unpaired) electrons. The number of hydrogen-bond acceptors (Lipinski definition) is 4. The summed E-state index contributed by atoms with van der Waals surface area (Å²) in [5.41, 5.74) is 1.16. The number of piperidine rings is 1. The molecule has 0 aliphatic carbocycles. The molecule has 1 spiro atoms. The highest BCUT2D eigenvalue weighted by atomic mass is 79.9. The van der Waals surface area contributed by atoms with Gasteiger partial charge >= 0.3 is 0 Å². The molecule has 3 saturated heterocycles. The van der Waals surface area contributed by atoms with Crippen molar-refractivity contribution in [2.24, 2.45) is 0 Å². The monoisotopic (exact) mass is 367 g/mol. The molecule has 0 aromatic carbocycles. The van der Waals surface area contributed by atoms with Gasteiger partial charge in [-0.15, -0.1) is 11.8 Å². The molecule has 1 aromatic rings. The molecule has 3 aliphatic heterocycles. The number of carbonyl (C=O) groups is 1. The predicted octanol–water partition coefficient (Wildman–Crippen LogP) is 2.70. The minimum atomic E-state index is -0.159. The summed E-state index contributed by atoms with van der Waals surface area (Å²) in [5.74, 6) is 0.362. The van der Waals surface area contributed by atoms with Crippen molar-refractivity contribution in [1.82, 2.24) is 15.2 Å². The van der Waals surface area contributed by atoms with Crippen LogP contribution in [0.1, 0.15) is 37.3 Å². The first kappa shape index (κ1) is 14.0.